The third kappa shape index (κ3) is 4.28. The first-order valence-electron chi connectivity index (χ1n) is 10.9. The molecule has 0 unspecified atom stereocenters. The fourth-order valence-corrected chi connectivity index (χ4v) is 4.15. The maximum atomic E-state index is 13.4. The number of ether oxygens (including phenoxy) is 1. The highest BCUT2D eigenvalue weighted by Crippen LogP contribution is 2.37. The van der Waals surface area contributed by atoms with Gasteiger partial charge >= 0.3 is 5.97 Å². The molecule has 168 valence electrons. The number of fused-ring (bicyclic) bond motifs is 1. The summed E-state index contributed by atoms with van der Waals surface area (Å²) in [4.78, 5) is 27.9. The molecule has 1 aliphatic carbocycles. The van der Waals surface area contributed by atoms with Crippen molar-refractivity contribution >= 4 is 17.0 Å². The lowest BCUT2D eigenvalue weighted by atomic mass is 9.75. The summed E-state index contributed by atoms with van der Waals surface area (Å²) in [5.41, 5.74) is 3.08. The summed E-state index contributed by atoms with van der Waals surface area (Å²) in [6, 6.07) is 12.0. The van der Waals surface area contributed by atoms with Crippen LogP contribution in [0.3, 0.4) is 0 Å². The van der Waals surface area contributed by atoms with Crippen molar-refractivity contribution in [3.63, 3.8) is 0 Å². The second-order valence-electron chi connectivity index (χ2n) is 8.75. The Kier molecular flexibility index (Phi) is 5.28. The Morgan fingerprint density at radius 1 is 1.09 bits per heavy atom. The highest BCUT2D eigenvalue weighted by atomic mass is 19.1. The highest BCUT2D eigenvalue weighted by molar-refractivity contribution is 5.79. The predicted molar refractivity (Wildman–Crippen MR) is 121 cm³/mol. The molecule has 0 aliphatic heterocycles. The van der Waals surface area contributed by atoms with Gasteiger partial charge in [0.2, 0.25) is 5.88 Å². The minimum atomic E-state index is -0.740. The van der Waals surface area contributed by atoms with Gasteiger partial charge in [-0.25, -0.2) is 14.4 Å². The number of hydrogen-bond donors (Lipinski definition) is 2. The standard InChI is InChI=1S/C25H23FN4O3/c1-25(24(31)32)10-8-18(9-11-25)33-22-7-3-15(13-28-22)19-5-2-16(14-27-19)23-29-20-6-4-17(26)12-21(20)30-23/h2-7,12-14,18H,8-11H2,1H3,(H,29,30)(H,31,32). The predicted octanol–water partition coefficient (Wildman–Crippen LogP) is 5.24. The average molecular weight is 446 g/mol. The first-order valence-corrected chi connectivity index (χ1v) is 10.9. The minimum Gasteiger partial charge on any atom is -0.481 e. The van der Waals surface area contributed by atoms with Crippen LogP contribution in [0, 0.1) is 11.2 Å². The molecule has 8 heteroatoms. The van der Waals surface area contributed by atoms with Gasteiger partial charge in [-0.1, -0.05) is 0 Å². The molecule has 0 radical (unpaired) electrons. The van der Waals surface area contributed by atoms with E-state index >= 15 is 0 Å². The summed E-state index contributed by atoms with van der Waals surface area (Å²) in [6.45, 7) is 1.80. The van der Waals surface area contributed by atoms with Gasteiger partial charge in [-0.15, -0.1) is 0 Å². The fourth-order valence-electron chi connectivity index (χ4n) is 4.15. The molecule has 0 bridgehead atoms. The molecule has 3 aromatic heterocycles. The van der Waals surface area contributed by atoms with E-state index in [9.17, 15) is 14.3 Å². The van der Waals surface area contributed by atoms with Crippen molar-refractivity contribution in [2.45, 2.75) is 38.7 Å². The van der Waals surface area contributed by atoms with E-state index in [4.69, 9.17) is 4.74 Å². The lowest BCUT2D eigenvalue weighted by molar-refractivity contribution is -0.150. The molecule has 0 atom stereocenters. The second kappa shape index (κ2) is 8.27. The number of imidazole rings is 1. The van der Waals surface area contributed by atoms with Gasteiger partial charge in [-0.05, 0) is 62.9 Å². The monoisotopic (exact) mass is 446 g/mol. The quantitative estimate of drug-likeness (QED) is 0.435. The highest BCUT2D eigenvalue weighted by Gasteiger charge is 2.38. The molecule has 1 saturated carbocycles. The SMILES string of the molecule is CC1(C(=O)O)CCC(Oc2ccc(-c3ccc(-c4nc5cc(F)ccc5[nH]4)cn3)cn2)CC1. The molecule has 33 heavy (non-hydrogen) atoms. The van der Waals surface area contributed by atoms with Crippen molar-refractivity contribution in [2.75, 3.05) is 0 Å². The van der Waals surface area contributed by atoms with E-state index < -0.39 is 11.4 Å². The average Bonchev–Trinajstić information content (AvgIpc) is 3.24. The number of H-pyrrole nitrogens is 1. The van der Waals surface area contributed by atoms with Gasteiger partial charge in [0.05, 0.1) is 22.1 Å². The van der Waals surface area contributed by atoms with Crippen molar-refractivity contribution in [3.05, 3.63) is 60.7 Å². The number of halogens is 1. The molecule has 5 rings (SSSR count). The van der Waals surface area contributed by atoms with E-state index in [1.165, 1.54) is 12.1 Å². The Labute approximate surface area is 189 Å². The van der Waals surface area contributed by atoms with Gasteiger partial charge in [-0.2, -0.15) is 0 Å². The Balaban J connectivity index is 1.25. The van der Waals surface area contributed by atoms with Gasteiger partial charge < -0.3 is 14.8 Å². The Bertz CT molecular complexity index is 1290. The lowest BCUT2D eigenvalue weighted by Crippen LogP contribution is -2.36. The van der Waals surface area contributed by atoms with E-state index in [1.807, 2.05) is 24.3 Å². The largest absolute Gasteiger partial charge is 0.481 e. The van der Waals surface area contributed by atoms with Crippen molar-refractivity contribution < 1.29 is 19.0 Å². The number of rotatable bonds is 5. The number of pyridine rings is 2. The number of nitrogens with zero attached hydrogens (tertiary/aromatic N) is 3. The molecule has 4 aromatic rings. The zero-order valence-electron chi connectivity index (χ0n) is 18.1. The Morgan fingerprint density at radius 3 is 2.52 bits per heavy atom. The molecule has 2 N–H and O–H groups in total. The minimum absolute atomic E-state index is 0.0227. The topological polar surface area (TPSA) is 101 Å². The summed E-state index contributed by atoms with van der Waals surface area (Å²) < 4.78 is 19.4. The molecule has 0 spiro atoms. The summed E-state index contributed by atoms with van der Waals surface area (Å²) >= 11 is 0. The zero-order valence-corrected chi connectivity index (χ0v) is 18.1. The summed E-state index contributed by atoms with van der Waals surface area (Å²) in [7, 11) is 0. The first kappa shape index (κ1) is 21.1. The van der Waals surface area contributed by atoms with Gasteiger partial charge in [0.15, 0.2) is 0 Å². The molecule has 7 nitrogen and oxygen atoms in total. The number of hydrogen-bond acceptors (Lipinski definition) is 5. The number of nitrogens with one attached hydrogen (secondary N) is 1. The van der Waals surface area contributed by atoms with Gasteiger partial charge in [0.25, 0.3) is 0 Å². The van der Waals surface area contributed by atoms with Crippen molar-refractivity contribution in [3.8, 4) is 28.5 Å². The number of aromatic amines is 1. The van der Waals surface area contributed by atoms with E-state index in [0.29, 0.717) is 42.9 Å². The van der Waals surface area contributed by atoms with Gasteiger partial charge in [0.1, 0.15) is 17.7 Å². The molecule has 3 heterocycles. The number of carboxylic acid groups (broad SMARTS) is 1. The van der Waals surface area contributed by atoms with Crippen LogP contribution in [-0.2, 0) is 4.79 Å². The van der Waals surface area contributed by atoms with Crippen molar-refractivity contribution in [2.24, 2.45) is 5.41 Å². The lowest BCUT2D eigenvalue weighted by Gasteiger charge is -2.33. The molecular weight excluding hydrogens is 423 g/mol. The molecule has 1 fully saturated rings. The normalized spacial score (nSPS) is 20.6. The van der Waals surface area contributed by atoms with Gasteiger partial charge in [0, 0.05) is 35.7 Å². The van der Waals surface area contributed by atoms with Crippen LogP contribution in [0.5, 0.6) is 5.88 Å². The van der Waals surface area contributed by atoms with Crippen molar-refractivity contribution in [1.82, 2.24) is 19.9 Å². The Hall–Kier alpha value is -3.81. The van der Waals surface area contributed by atoms with Crippen LogP contribution in [0.2, 0.25) is 0 Å². The third-order valence-electron chi connectivity index (χ3n) is 6.35. The molecule has 1 aliphatic rings. The Morgan fingerprint density at radius 2 is 1.85 bits per heavy atom. The summed E-state index contributed by atoms with van der Waals surface area (Å²) in [5, 5.41) is 9.36. The first-order chi connectivity index (χ1) is 15.9. The molecular formula is C25H23FN4O3. The second-order valence-corrected chi connectivity index (χ2v) is 8.75. The summed E-state index contributed by atoms with van der Waals surface area (Å²) in [5.74, 6) is 0.0872. The van der Waals surface area contributed by atoms with Crippen LogP contribution >= 0.6 is 0 Å². The molecule has 1 aromatic carbocycles. The van der Waals surface area contributed by atoms with Crippen LogP contribution in [0.15, 0.2) is 54.9 Å². The third-order valence-corrected chi connectivity index (χ3v) is 6.35. The number of carboxylic acids is 1. The van der Waals surface area contributed by atoms with E-state index in [-0.39, 0.29) is 11.9 Å². The maximum absolute atomic E-state index is 13.4. The number of carbonyl (C=O) groups is 1. The van der Waals surface area contributed by atoms with Gasteiger partial charge in [-0.3, -0.25) is 9.78 Å². The maximum Gasteiger partial charge on any atom is 0.309 e. The zero-order chi connectivity index (χ0) is 23.0. The van der Waals surface area contributed by atoms with Crippen LogP contribution < -0.4 is 4.74 Å². The number of benzene rings is 1. The fraction of sp³-hybridized carbons (Fsp3) is 0.280. The van der Waals surface area contributed by atoms with Crippen molar-refractivity contribution in [1.29, 1.82) is 0 Å². The van der Waals surface area contributed by atoms with Crippen LogP contribution in [0.4, 0.5) is 4.39 Å². The van der Waals surface area contributed by atoms with Crippen LogP contribution in [-0.4, -0.2) is 37.1 Å². The summed E-state index contributed by atoms with van der Waals surface area (Å²) in [6.07, 6.45) is 6.00. The van der Waals surface area contributed by atoms with Crippen LogP contribution in [0.25, 0.3) is 33.7 Å². The smallest absolute Gasteiger partial charge is 0.309 e. The molecule has 0 saturated heterocycles. The number of aromatic nitrogens is 4. The van der Waals surface area contributed by atoms with E-state index in [0.717, 1.165) is 22.3 Å². The van der Waals surface area contributed by atoms with E-state index in [2.05, 4.69) is 19.9 Å². The molecule has 0 amide bonds. The van der Waals surface area contributed by atoms with Crippen LogP contribution in [0.1, 0.15) is 32.6 Å². The number of aliphatic carboxylic acids is 1. The van der Waals surface area contributed by atoms with E-state index in [1.54, 1.807) is 25.4 Å².